The third-order valence-corrected chi connectivity index (χ3v) is 5.11. The quantitative estimate of drug-likeness (QED) is 0.567. The second-order valence-corrected chi connectivity index (χ2v) is 7.03. The first-order valence-corrected chi connectivity index (χ1v) is 9.40. The van der Waals surface area contributed by atoms with Gasteiger partial charge in [-0.15, -0.1) is 0 Å². The SMILES string of the molecule is O=C(O)c1ccccc1CC1CCN(C(=O)COc2cccc([N+](=O)[O-])c2)CC1. The lowest BCUT2D eigenvalue weighted by Gasteiger charge is -2.32. The van der Waals surface area contributed by atoms with E-state index in [2.05, 4.69) is 0 Å². The first kappa shape index (κ1) is 20.3. The summed E-state index contributed by atoms with van der Waals surface area (Å²) in [5.74, 6) is -0.489. The number of hydrogen-bond donors (Lipinski definition) is 1. The van der Waals surface area contributed by atoms with Gasteiger partial charge < -0.3 is 14.7 Å². The minimum absolute atomic E-state index is 0.0857. The summed E-state index contributed by atoms with van der Waals surface area (Å²) in [4.78, 5) is 35.7. The number of piperidine rings is 1. The van der Waals surface area contributed by atoms with Crippen molar-refractivity contribution in [1.29, 1.82) is 0 Å². The van der Waals surface area contributed by atoms with Crippen LogP contribution in [0.15, 0.2) is 48.5 Å². The molecule has 0 bridgehead atoms. The van der Waals surface area contributed by atoms with Crippen molar-refractivity contribution >= 4 is 17.6 Å². The van der Waals surface area contributed by atoms with Crippen molar-refractivity contribution in [3.8, 4) is 5.75 Å². The molecule has 0 spiro atoms. The Kier molecular flexibility index (Phi) is 6.43. The van der Waals surface area contributed by atoms with Gasteiger partial charge in [0.1, 0.15) is 5.75 Å². The van der Waals surface area contributed by atoms with Crippen LogP contribution in [0.25, 0.3) is 0 Å². The Morgan fingerprint density at radius 1 is 1.14 bits per heavy atom. The molecule has 1 N–H and O–H groups in total. The summed E-state index contributed by atoms with van der Waals surface area (Å²) in [5, 5.41) is 20.1. The number of rotatable bonds is 7. The van der Waals surface area contributed by atoms with Gasteiger partial charge in [0, 0.05) is 19.2 Å². The van der Waals surface area contributed by atoms with Gasteiger partial charge in [0.25, 0.3) is 11.6 Å². The van der Waals surface area contributed by atoms with Crippen molar-refractivity contribution in [3.63, 3.8) is 0 Å². The van der Waals surface area contributed by atoms with E-state index in [1.807, 2.05) is 12.1 Å². The number of carbonyl (C=O) groups excluding carboxylic acids is 1. The molecule has 3 rings (SSSR count). The number of hydrogen-bond acceptors (Lipinski definition) is 5. The van der Waals surface area contributed by atoms with E-state index in [1.54, 1.807) is 23.1 Å². The molecule has 2 aromatic carbocycles. The summed E-state index contributed by atoms with van der Waals surface area (Å²) in [6, 6.07) is 12.8. The molecule has 1 aliphatic heterocycles. The van der Waals surface area contributed by atoms with Gasteiger partial charge in [0.15, 0.2) is 6.61 Å². The number of benzene rings is 2. The zero-order valence-corrected chi connectivity index (χ0v) is 15.8. The Bertz CT molecular complexity index is 906. The summed E-state index contributed by atoms with van der Waals surface area (Å²) in [6.45, 7) is 0.988. The number of likely N-dealkylation sites (tertiary alicyclic amines) is 1. The molecule has 152 valence electrons. The van der Waals surface area contributed by atoms with Crippen LogP contribution >= 0.6 is 0 Å². The molecule has 8 nitrogen and oxygen atoms in total. The van der Waals surface area contributed by atoms with Gasteiger partial charge in [-0.2, -0.15) is 0 Å². The molecule has 1 amide bonds. The van der Waals surface area contributed by atoms with Gasteiger partial charge in [-0.1, -0.05) is 24.3 Å². The summed E-state index contributed by atoms with van der Waals surface area (Å²) >= 11 is 0. The van der Waals surface area contributed by atoms with E-state index in [1.165, 1.54) is 18.2 Å². The lowest BCUT2D eigenvalue weighted by molar-refractivity contribution is -0.384. The molecule has 0 radical (unpaired) electrons. The molecular weight excluding hydrogens is 376 g/mol. The fraction of sp³-hybridized carbons (Fsp3) is 0.333. The zero-order valence-electron chi connectivity index (χ0n) is 15.8. The third-order valence-electron chi connectivity index (χ3n) is 5.11. The van der Waals surface area contributed by atoms with Crippen molar-refractivity contribution in [3.05, 3.63) is 69.8 Å². The molecule has 1 heterocycles. The van der Waals surface area contributed by atoms with Crippen LogP contribution in [-0.2, 0) is 11.2 Å². The normalized spacial score (nSPS) is 14.4. The van der Waals surface area contributed by atoms with Crippen LogP contribution in [0.5, 0.6) is 5.75 Å². The monoisotopic (exact) mass is 398 g/mol. The molecule has 0 saturated carbocycles. The van der Waals surface area contributed by atoms with Crippen molar-refractivity contribution in [2.75, 3.05) is 19.7 Å². The standard InChI is InChI=1S/C21H22N2O6/c24-20(14-29-18-6-3-5-17(13-18)23(27)28)22-10-8-15(9-11-22)12-16-4-1-2-7-19(16)21(25)26/h1-7,13,15H,8-12,14H2,(H,25,26). The van der Waals surface area contributed by atoms with Crippen LogP contribution in [-0.4, -0.2) is 46.5 Å². The Balaban J connectivity index is 1.49. The maximum atomic E-state index is 12.4. The molecule has 0 aliphatic carbocycles. The molecular formula is C21H22N2O6. The van der Waals surface area contributed by atoms with E-state index in [4.69, 9.17) is 4.74 Å². The minimum Gasteiger partial charge on any atom is -0.484 e. The number of ether oxygens (including phenoxy) is 1. The predicted molar refractivity (Wildman–Crippen MR) is 105 cm³/mol. The summed E-state index contributed by atoms with van der Waals surface area (Å²) in [7, 11) is 0. The molecule has 29 heavy (non-hydrogen) atoms. The van der Waals surface area contributed by atoms with Gasteiger partial charge in [-0.3, -0.25) is 14.9 Å². The van der Waals surface area contributed by atoms with Crippen LogP contribution in [0.2, 0.25) is 0 Å². The van der Waals surface area contributed by atoms with Crippen LogP contribution in [0.1, 0.15) is 28.8 Å². The number of aromatic carboxylic acids is 1. The number of non-ortho nitro benzene ring substituents is 1. The van der Waals surface area contributed by atoms with Gasteiger partial charge in [0.2, 0.25) is 0 Å². The Hall–Kier alpha value is -3.42. The molecule has 0 unspecified atom stereocenters. The van der Waals surface area contributed by atoms with Crippen molar-refractivity contribution in [2.24, 2.45) is 5.92 Å². The maximum absolute atomic E-state index is 12.4. The molecule has 2 aromatic rings. The second kappa shape index (κ2) is 9.18. The topological polar surface area (TPSA) is 110 Å². The van der Waals surface area contributed by atoms with Crippen LogP contribution < -0.4 is 4.74 Å². The third kappa shape index (κ3) is 5.31. The molecule has 1 fully saturated rings. The molecule has 0 atom stereocenters. The first-order valence-electron chi connectivity index (χ1n) is 9.40. The number of carboxylic acids is 1. The van der Waals surface area contributed by atoms with Gasteiger partial charge in [-0.05, 0) is 42.9 Å². The molecule has 8 heteroatoms. The lowest BCUT2D eigenvalue weighted by atomic mass is 9.88. The van der Waals surface area contributed by atoms with Crippen molar-refractivity contribution < 1.29 is 24.4 Å². The number of nitro benzene ring substituents is 1. The highest BCUT2D eigenvalue weighted by Gasteiger charge is 2.24. The summed E-state index contributed by atoms with van der Waals surface area (Å²) in [5.41, 5.74) is 1.06. The number of nitrogens with zero attached hydrogens (tertiary/aromatic N) is 2. The minimum atomic E-state index is -0.925. The highest BCUT2D eigenvalue weighted by Crippen LogP contribution is 2.24. The van der Waals surface area contributed by atoms with Gasteiger partial charge >= 0.3 is 5.97 Å². The highest BCUT2D eigenvalue weighted by atomic mass is 16.6. The number of carbonyl (C=O) groups is 2. The number of carboxylic acid groups (broad SMARTS) is 1. The van der Waals surface area contributed by atoms with E-state index in [-0.39, 0.29) is 24.0 Å². The van der Waals surface area contributed by atoms with E-state index < -0.39 is 10.9 Å². The largest absolute Gasteiger partial charge is 0.484 e. The molecule has 0 aromatic heterocycles. The predicted octanol–water partition coefficient (Wildman–Crippen LogP) is 3.15. The van der Waals surface area contributed by atoms with E-state index >= 15 is 0 Å². The Morgan fingerprint density at radius 2 is 1.86 bits per heavy atom. The maximum Gasteiger partial charge on any atom is 0.335 e. The van der Waals surface area contributed by atoms with Crippen LogP contribution in [0.3, 0.4) is 0 Å². The highest BCUT2D eigenvalue weighted by molar-refractivity contribution is 5.89. The van der Waals surface area contributed by atoms with E-state index in [0.717, 1.165) is 18.4 Å². The van der Waals surface area contributed by atoms with Crippen molar-refractivity contribution in [1.82, 2.24) is 4.90 Å². The average molecular weight is 398 g/mol. The number of amides is 1. The molecule has 1 aliphatic rings. The summed E-state index contributed by atoms with van der Waals surface area (Å²) < 4.78 is 5.42. The summed E-state index contributed by atoms with van der Waals surface area (Å²) in [6.07, 6.45) is 2.25. The van der Waals surface area contributed by atoms with Crippen LogP contribution in [0.4, 0.5) is 5.69 Å². The average Bonchev–Trinajstić information content (AvgIpc) is 2.73. The van der Waals surface area contributed by atoms with E-state index in [9.17, 15) is 24.8 Å². The zero-order chi connectivity index (χ0) is 20.8. The smallest absolute Gasteiger partial charge is 0.335 e. The van der Waals surface area contributed by atoms with Gasteiger partial charge in [0.05, 0.1) is 16.6 Å². The van der Waals surface area contributed by atoms with Crippen molar-refractivity contribution in [2.45, 2.75) is 19.3 Å². The first-order chi connectivity index (χ1) is 13.9. The Morgan fingerprint density at radius 3 is 2.55 bits per heavy atom. The number of nitro groups is 1. The lowest BCUT2D eigenvalue weighted by Crippen LogP contribution is -2.41. The Labute approximate surface area is 167 Å². The fourth-order valence-electron chi connectivity index (χ4n) is 3.53. The molecule has 1 saturated heterocycles. The fourth-order valence-corrected chi connectivity index (χ4v) is 3.53. The van der Waals surface area contributed by atoms with E-state index in [0.29, 0.717) is 31.0 Å². The van der Waals surface area contributed by atoms with Gasteiger partial charge in [-0.25, -0.2) is 4.79 Å². The van der Waals surface area contributed by atoms with Crippen LogP contribution in [0, 0.1) is 16.0 Å². The second-order valence-electron chi connectivity index (χ2n) is 7.03.